The molecule has 5 heteroatoms. The van der Waals surface area contributed by atoms with Crippen LogP contribution in [0.4, 0.5) is 0 Å². The van der Waals surface area contributed by atoms with Crippen LogP contribution in [0.3, 0.4) is 0 Å². The number of fused-ring (bicyclic) bond motifs is 8. The van der Waals surface area contributed by atoms with Crippen molar-refractivity contribution in [1.82, 2.24) is 19.1 Å². The molecule has 4 heterocycles. The van der Waals surface area contributed by atoms with Gasteiger partial charge in [-0.1, -0.05) is 121 Å². The summed E-state index contributed by atoms with van der Waals surface area (Å²) in [5.74, 6) is 1.97. The van der Waals surface area contributed by atoms with Gasteiger partial charge in [-0.05, 0) is 82.9 Å². The van der Waals surface area contributed by atoms with Crippen molar-refractivity contribution >= 4 is 54.5 Å². The van der Waals surface area contributed by atoms with Crippen LogP contribution in [-0.4, -0.2) is 19.1 Å². The minimum absolute atomic E-state index is 0.580. The largest absolute Gasteiger partial charge is 0.438 e. The van der Waals surface area contributed by atoms with Crippen LogP contribution in [-0.2, 0) is 0 Å². The zero-order valence-corrected chi connectivity index (χ0v) is 29.5. The van der Waals surface area contributed by atoms with Crippen LogP contribution in [0.25, 0.3) is 99.5 Å². The fourth-order valence-electron chi connectivity index (χ4n) is 8.67. The average molecular weight is 703 g/mol. The van der Waals surface area contributed by atoms with Crippen LogP contribution in [0.5, 0.6) is 11.6 Å². The van der Waals surface area contributed by atoms with Crippen molar-refractivity contribution in [2.75, 3.05) is 0 Å². The number of hydrogen-bond donors (Lipinski definition) is 0. The van der Waals surface area contributed by atoms with Crippen LogP contribution in [0.15, 0.2) is 182 Å². The molecular weight excluding hydrogens is 673 g/mol. The van der Waals surface area contributed by atoms with E-state index in [1.807, 2.05) is 24.3 Å². The topological polar surface area (TPSA) is 44.9 Å². The third kappa shape index (κ3) is 4.47. The summed E-state index contributed by atoms with van der Waals surface area (Å²) in [6.07, 6.45) is 0. The molecule has 0 fully saturated rings. The standard InChI is InChI=1S/C50H30N4O/c1-2-12-31(13-3-1)32-14-10-15-35(28-32)53-43-21-7-4-16-36(43)40-29-33(24-26-45(40)53)34-25-27-46-41(30-34)37-17-5-8-22-44(37)54(46)50-51-42-20-11-19-39-38-18-6-9-23-47(38)55-49(52-50)48(39)42/h1-30H. The number of aromatic nitrogens is 4. The first kappa shape index (κ1) is 30.0. The molecule has 0 saturated heterocycles. The highest BCUT2D eigenvalue weighted by molar-refractivity contribution is 6.13. The molecule has 0 saturated carbocycles. The van der Waals surface area contributed by atoms with E-state index < -0.39 is 0 Å². The summed E-state index contributed by atoms with van der Waals surface area (Å²) in [6, 6.07) is 64.6. The highest BCUT2D eigenvalue weighted by Crippen LogP contribution is 2.46. The predicted octanol–water partition coefficient (Wildman–Crippen LogP) is 12.9. The summed E-state index contributed by atoms with van der Waals surface area (Å²) in [5, 5.41) is 5.68. The molecule has 8 aromatic carbocycles. The number of para-hydroxylation sites is 3. The first-order valence-electron chi connectivity index (χ1n) is 18.6. The second kappa shape index (κ2) is 11.5. The summed E-state index contributed by atoms with van der Waals surface area (Å²) in [7, 11) is 0. The van der Waals surface area contributed by atoms with Crippen molar-refractivity contribution in [2.24, 2.45) is 0 Å². The van der Waals surface area contributed by atoms with Crippen LogP contribution in [0.1, 0.15) is 0 Å². The molecular formula is C50H30N4O. The molecule has 0 amide bonds. The lowest BCUT2D eigenvalue weighted by molar-refractivity contribution is 0.466. The fraction of sp³-hybridized carbons (Fsp3) is 0. The number of benzene rings is 8. The van der Waals surface area contributed by atoms with Gasteiger partial charge in [0.05, 0.1) is 33.0 Å². The third-order valence-corrected chi connectivity index (χ3v) is 11.2. The van der Waals surface area contributed by atoms with Crippen molar-refractivity contribution in [1.29, 1.82) is 0 Å². The van der Waals surface area contributed by atoms with E-state index in [1.54, 1.807) is 0 Å². The number of hydrogen-bond acceptors (Lipinski definition) is 3. The second-order valence-corrected chi connectivity index (χ2v) is 14.2. The number of nitrogens with zero attached hydrogens (tertiary/aromatic N) is 4. The normalized spacial score (nSPS) is 12.1. The Bertz CT molecular complexity index is 3360. The molecule has 12 rings (SSSR count). The zero-order valence-electron chi connectivity index (χ0n) is 29.5. The van der Waals surface area contributed by atoms with Crippen LogP contribution < -0.4 is 4.74 Å². The summed E-state index contributed by atoms with van der Waals surface area (Å²) < 4.78 is 11.0. The maximum absolute atomic E-state index is 6.44. The average Bonchev–Trinajstić information content (AvgIpc) is 3.76. The summed E-state index contributed by atoms with van der Waals surface area (Å²) in [5.41, 5.74) is 13.3. The highest BCUT2D eigenvalue weighted by atomic mass is 16.5. The van der Waals surface area contributed by atoms with Crippen LogP contribution >= 0.6 is 0 Å². The smallest absolute Gasteiger partial charge is 0.238 e. The number of rotatable bonds is 4. The lowest BCUT2D eigenvalue weighted by atomic mass is 9.98. The van der Waals surface area contributed by atoms with Gasteiger partial charge in [0.15, 0.2) is 0 Å². The lowest BCUT2D eigenvalue weighted by Crippen LogP contribution is -2.06. The molecule has 0 N–H and O–H groups in total. The van der Waals surface area contributed by atoms with Crippen molar-refractivity contribution in [3.05, 3.63) is 182 Å². The van der Waals surface area contributed by atoms with E-state index in [9.17, 15) is 0 Å². The molecule has 55 heavy (non-hydrogen) atoms. The fourth-order valence-corrected chi connectivity index (χ4v) is 8.67. The SMILES string of the molecule is c1ccc(-c2cccc(-n3c4ccccc4c4cc(-c5ccc6c(c5)c5ccccc5n6-c5nc6c7c(cccc7n5)-c5ccccc5O6)ccc43)c2)cc1. The minimum Gasteiger partial charge on any atom is -0.438 e. The molecule has 1 aliphatic heterocycles. The highest BCUT2D eigenvalue weighted by Gasteiger charge is 2.24. The quantitative estimate of drug-likeness (QED) is 0.183. The number of ether oxygens (including phenoxy) is 1. The predicted molar refractivity (Wildman–Crippen MR) is 225 cm³/mol. The minimum atomic E-state index is 0.580. The molecule has 0 unspecified atom stereocenters. The maximum atomic E-state index is 6.44. The van der Waals surface area contributed by atoms with Crippen LogP contribution in [0, 0.1) is 0 Å². The van der Waals surface area contributed by atoms with E-state index in [4.69, 9.17) is 14.7 Å². The van der Waals surface area contributed by atoms with E-state index in [-0.39, 0.29) is 0 Å². The monoisotopic (exact) mass is 702 g/mol. The van der Waals surface area contributed by atoms with Crippen LogP contribution in [0.2, 0.25) is 0 Å². The van der Waals surface area contributed by atoms with Gasteiger partial charge in [-0.15, -0.1) is 0 Å². The molecule has 5 nitrogen and oxygen atoms in total. The lowest BCUT2D eigenvalue weighted by Gasteiger charge is -2.20. The van der Waals surface area contributed by atoms with Gasteiger partial charge in [0.25, 0.3) is 0 Å². The van der Waals surface area contributed by atoms with E-state index >= 15 is 0 Å². The van der Waals surface area contributed by atoms with Gasteiger partial charge in [0.1, 0.15) is 5.75 Å². The van der Waals surface area contributed by atoms with Gasteiger partial charge in [0.2, 0.25) is 11.8 Å². The Balaban J connectivity index is 1.01. The van der Waals surface area contributed by atoms with Crippen molar-refractivity contribution in [3.63, 3.8) is 0 Å². The molecule has 0 bridgehead atoms. The third-order valence-electron chi connectivity index (χ3n) is 11.2. The Morgan fingerprint density at radius 2 is 0.964 bits per heavy atom. The van der Waals surface area contributed by atoms with E-state index in [2.05, 4.69) is 167 Å². The van der Waals surface area contributed by atoms with E-state index in [0.29, 0.717) is 11.8 Å². The van der Waals surface area contributed by atoms with Gasteiger partial charge >= 0.3 is 0 Å². The molecule has 1 aliphatic rings. The molecule has 0 atom stereocenters. The Kier molecular flexibility index (Phi) is 6.27. The van der Waals surface area contributed by atoms with Gasteiger partial charge < -0.3 is 9.30 Å². The van der Waals surface area contributed by atoms with Gasteiger partial charge in [-0.25, -0.2) is 4.98 Å². The van der Waals surface area contributed by atoms with Crippen molar-refractivity contribution in [3.8, 4) is 56.6 Å². The molecule has 3 aromatic heterocycles. The van der Waals surface area contributed by atoms with E-state index in [1.165, 1.54) is 32.9 Å². The van der Waals surface area contributed by atoms with Gasteiger partial charge in [-0.2, -0.15) is 4.98 Å². The zero-order chi connectivity index (χ0) is 36.0. The Morgan fingerprint density at radius 3 is 1.75 bits per heavy atom. The Hall–Kier alpha value is -7.50. The van der Waals surface area contributed by atoms with Gasteiger partial charge in [0, 0.05) is 38.4 Å². The molecule has 0 spiro atoms. The summed E-state index contributed by atoms with van der Waals surface area (Å²) in [4.78, 5) is 10.3. The molecule has 0 aliphatic carbocycles. The first-order chi connectivity index (χ1) is 27.3. The van der Waals surface area contributed by atoms with Crippen molar-refractivity contribution < 1.29 is 4.74 Å². The maximum Gasteiger partial charge on any atom is 0.238 e. The Morgan fingerprint density at radius 1 is 0.382 bits per heavy atom. The second-order valence-electron chi connectivity index (χ2n) is 14.2. The summed E-state index contributed by atoms with van der Waals surface area (Å²) in [6.45, 7) is 0. The molecule has 0 radical (unpaired) electrons. The van der Waals surface area contributed by atoms with Gasteiger partial charge in [-0.3, -0.25) is 4.57 Å². The van der Waals surface area contributed by atoms with Crippen molar-refractivity contribution in [2.45, 2.75) is 0 Å². The summed E-state index contributed by atoms with van der Waals surface area (Å²) >= 11 is 0. The Labute approximate surface area is 316 Å². The molecule has 256 valence electrons. The molecule has 11 aromatic rings. The van der Waals surface area contributed by atoms with E-state index in [0.717, 1.165) is 66.4 Å². The first-order valence-corrected chi connectivity index (χ1v) is 18.6.